The van der Waals surface area contributed by atoms with Crippen molar-refractivity contribution in [2.75, 3.05) is 13.1 Å². The second-order valence-electron chi connectivity index (χ2n) is 5.33. The first kappa shape index (κ1) is 15.0. The fraction of sp³-hybridized carbons (Fsp3) is 0.538. The molecular weight excluding hydrogens is 328 g/mol. The van der Waals surface area contributed by atoms with E-state index in [0.29, 0.717) is 4.90 Å². The van der Waals surface area contributed by atoms with Gasteiger partial charge in [-0.15, -0.1) is 0 Å². The second kappa shape index (κ2) is 5.52. The topological polar surface area (TPSA) is 58.2 Å². The highest BCUT2D eigenvalue weighted by atomic mass is 79.9. The van der Waals surface area contributed by atoms with E-state index < -0.39 is 10.0 Å². The van der Waals surface area contributed by atoms with E-state index in [4.69, 9.17) is 0 Å². The lowest BCUT2D eigenvalue weighted by Gasteiger charge is -2.34. The first-order valence-electron chi connectivity index (χ1n) is 6.33. The van der Waals surface area contributed by atoms with Crippen molar-refractivity contribution in [3.63, 3.8) is 0 Å². The fourth-order valence-electron chi connectivity index (χ4n) is 2.25. The largest absolute Gasteiger partial charge is 0.317 e. The van der Waals surface area contributed by atoms with Gasteiger partial charge < -0.3 is 5.32 Å². The van der Waals surface area contributed by atoms with Gasteiger partial charge >= 0.3 is 0 Å². The number of hydrogen-bond donors (Lipinski definition) is 2. The van der Waals surface area contributed by atoms with Crippen LogP contribution in [0.25, 0.3) is 0 Å². The van der Waals surface area contributed by atoms with Crippen molar-refractivity contribution in [2.24, 2.45) is 0 Å². The molecule has 4 nitrogen and oxygen atoms in total. The van der Waals surface area contributed by atoms with Gasteiger partial charge in [0.2, 0.25) is 10.0 Å². The van der Waals surface area contributed by atoms with Crippen molar-refractivity contribution in [3.8, 4) is 0 Å². The molecule has 0 atom stereocenters. The summed E-state index contributed by atoms with van der Waals surface area (Å²) in [6, 6.07) is 5.09. The summed E-state index contributed by atoms with van der Waals surface area (Å²) in [6.45, 7) is 5.54. The molecule has 0 amide bonds. The van der Waals surface area contributed by atoms with Crippen molar-refractivity contribution >= 4 is 26.0 Å². The predicted molar refractivity (Wildman–Crippen MR) is 79.7 cm³/mol. The Bertz CT molecular complexity index is 566. The molecule has 2 N–H and O–H groups in total. The third kappa shape index (κ3) is 3.56. The van der Waals surface area contributed by atoms with Gasteiger partial charge in [0, 0.05) is 10.0 Å². The molecular formula is C13H19BrN2O2S. The summed E-state index contributed by atoms with van der Waals surface area (Å²) in [5, 5.41) is 3.24. The Balaban J connectivity index is 2.24. The van der Waals surface area contributed by atoms with Crippen LogP contribution in [0.15, 0.2) is 27.6 Å². The highest BCUT2D eigenvalue weighted by Gasteiger charge is 2.32. The summed E-state index contributed by atoms with van der Waals surface area (Å²) in [7, 11) is -3.46. The van der Waals surface area contributed by atoms with Crippen molar-refractivity contribution in [2.45, 2.75) is 37.1 Å². The molecule has 1 aromatic rings. The van der Waals surface area contributed by atoms with Crippen LogP contribution in [0.1, 0.15) is 25.3 Å². The van der Waals surface area contributed by atoms with Gasteiger partial charge in [-0.3, -0.25) is 0 Å². The third-order valence-electron chi connectivity index (χ3n) is 3.53. The van der Waals surface area contributed by atoms with Crippen molar-refractivity contribution in [1.82, 2.24) is 10.0 Å². The molecule has 0 saturated carbocycles. The molecule has 0 radical (unpaired) electrons. The Kier molecular flexibility index (Phi) is 4.35. The molecule has 2 rings (SSSR count). The van der Waals surface area contributed by atoms with Gasteiger partial charge in [-0.2, -0.15) is 0 Å². The molecule has 0 spiro atoms. The highest BCUT2D eigenvalue weighted by Crippen LogP contribution is 2.24. The van der Waals surface area contributed by atoms with Crippen LogP contribution >= 0.6 is 15.9 Å². The van der Waals surface area contributed by atoms with Gasteiger partial charge in [-0.05, 0) is 63.5 Å². The summed E-state index contributed by atoms with van der Waals surface area (Å²) in [5.41, 5.74) is 0.559. The second-order valence-corrected chi connectivity index (χ2v) is 7.86. The molecule has 6 heteroatoms. The number of hydrogen-bond acceptors (Lipinski definition) is 3. The smallest absolute Gasteiger partial charge is 0.241 e. The molecule has 0 bridgehead atoms. The maximum absolute atomic E-state index is 12.4. The number of piperidine rings is 1. The molecule has 1 heterocycles. The average molecular weight is 347 g/mol. The molecule has 1 aliphatic rings. The number of nitrogens with one attached hydrogen (secondary N) is 2. The Labute approximate surface area is 123 Å². The first-order valence-corrected chi connectivity index (χ1v) is 8.61. The normalized spacial score (nSPS) is 19.3. The van der Waals surface area contributed by atoms with Crippen LogP contribution in [-0.2, 0) is 10.0 Å². The Morgan fingerprint density at radius 3 is 2.53 bits per heavy atom. The van der Waals surface area contributed by atoms with Crippen LogP contribution in [0, 0.1) is 6.92 Å². The van der Waals surface area contributed by atoms with Crippen LogP contribution < -0.4 is 10.0 Å². The van der Waals surface area contributed by atoms with Gasteiger partial charge in [0.1, 0.15) is 0 Å². The Morgan fingerprint density at radius 1 is 1.32 bits per heavy atom. The maximum atomic E-state index is 12.4. The van der Waals surface area contributed by atoms with Crippen LogP contribution in [0.4, 0.5) is 0 Å². The average Bonchev–Trinajstić information content (AvgIpc) is 2.32. The van der Waals surface area contributed by atoms with Gasteiger partial charge in [0.15, 0.2) is 0 Å². The van der Waals surface area contributed by atoms with Crippen LogP contribution in [0.2, 0.25) is 0 Å². The van der Waals surface area contributed by atoms with Gasteiger partial charge in [-0.1, -0.05) is 15.9 Å². The summed E-state index contributed by atoms with van der Waals surface area (Å²) in [5.74, 6) is 0. The SMILES string of the molecule is Cc1cc(S(=O)(=O)NC2(C)CCNCC2)ccc1Br. The molecule has 1 aromatic carbocycles. The fourth-order valence-corrected chi connectivity index (χ4v) is 4.04. The minimum absolute atomic E-state index is 0.327. The van der Waals surface area contributed by atoms with E-state index in [1.165, 1.54) is 0 Å². The van der Waals surface area contributed by atoms with Gasteiger partial charge in [0.05, 0.1) is 4.90 Å². The standard InChI is InChI=1S/C13H19BrN2O2S/c1-10-9-11(3-4-12(10)14)19(17,18)16-13(2)5-7-15-8-6-13/h3-4,9,15-16H,5-8H2,1-2H3. The number of halogens is 1. The van der Waals surface area contributed by atoms with Gasteiger partial charge in [0.25, 0.3) is 0 Å². The van der Waals surface area contributed by atoms with E-state index in [9.17, 15) is 8.42 Å². The number of aryl methyl sites for hydroxylation is 1. The van der Waals surface area contributed by atoms with E-state index in [1.807, 2.05) is 13.8 Å². The van der Waals surface area contributed by atoms with E-state index in [1.54, 1.807) is 18.2 Å². The quantitative estimate of drug-likeness (QED) is 0.881. The number of sulfonamides is 1. The molecule has 1 saturated heterocycles. The summed E-state index contributed by atoms with van der Waals surface area (Å²) >= 11 is 3.38. The highest BCUT2D eigenvalue weighted by molar-refractivity contribution is 9.10. The number of benzene rings is 1. The molecule has 106 valence electrons. The molecule has 1 fully saturated rings. The zero-order valence-electron chi connectivity index (χ0n) is 11.2. The van der Waals surface area contributed by atoms with E-state index in [-0.39, 0.29) is 5.54 Å². The zero-order chi connectivity index (χ0) is 14.1. The zero-order valence-corrected chi connectivity index (χ0v) is 13.6. The summed E-state index contributed by atoms with van der Waals surface area (Å²) in [4.78, 5) is 0.327. The summed E-state index contributed by atoms with van der Waals surface area (Å²) in [6.07, 6.45) is 1.61. The minimum Gasteiger partial charge on any atom is -0.317 e. The molecule has 1 aliphatic heterocycles. The minimum atomic E-state index is -3.46. The van der Waals surface area contributed by atoms with Crippen LogP contribution in [0.3, 0.4) is 0 Å². The predicted octanol–water partition coefficient (Wildman–Crippen LogP) is 2.18. The lowest BCUT2D eigenvalue weighted by atomic mass is 9.92. The first-order chi connectivity index (χ1) is 8.82. The molecule has 0 aromatic heterocycles. The van der Waals surface area contributed by atoms with Crippen LogP contribution in [-0.4, -0.2) is 27.0 Å². The molecule has 19 heavy (non-hydrogen) atoms. The Hall–Kier alpha value is -0.430. The van der Waals surface area contributed by atoms with Crippen molar-refractivity contribution in [3.05, 3.63) is 28.2 Å². The maximum Gasteiger partial charge on any atom is 0.241 e. The lowest BCUT2D eigenvalue weighted by Crippen LogP contribution is -2.52. The third-order valence-corrected chi connectivity index (χ3v) is 6.05. The van der Waals surface area contributed by atoms with E-state index >= 15 is 0 Å². The van der Waals surface area contributed by atoms with Crippen LogP contribution in [0.5, 0.6) is 0 Å². The van der Waals surface area contributed by atoms with Gasteiger partial charge in [-0.25, -0.2) is 13.1 Å². The lowest BCUT2D eigenvalue weighted by molar-refractivity contribution is 0.308. The van der Waals surface area contributed by atoms with E-state index in [0.717, 1.165) is 36.0 Å². The summed E-state index contributed by atoms with van der Waals surface area (Å²) < 4.78 is 28.6. The van der Waals surface area contributed by atoms with E-state index in [2.05, 4.69) is 26.0 Å². The Morgan fingerprint density at radius 2 is 1.95 bits per heavy atom. The van der Waals surface area contributed by atoms with Crippen molar-refractivity contribution in [1.29, 1.82) is 0 Å². The van der Waals surface area contributed by atoms with Crippen molar-refractivity contribution < 1.29 is 8.42 Å². The monoisotopic (exact) mass is 346 g/mol. The molecule has 0 unspecified atom stereocenters. The number of rotatable bonds is 3. The molecule has 0 aliphatic carbocycles.